The van der Waals surface area contributed by atoms with Gasteiger partial charge in [-0.15, -0.1) is 11.3 Å². The van der Waals surface area contributed by atoms with Crippen LogP contribution in [-0.2, 0) is 13.1 Å². The molecule has 0 spiro atoms. The van der Waals surface area contributed by atoms with E-state index in [1.807, 2.05) is 6.20 Å². The molecule has 1 saturated heterocycles. The molecule has 4 heterocycles. The van der Waals surface area contributed by atoms with Crippen molar-refractivity contribution in [3.05, 3.63) is 40.5 Å². The molecule has 0 aromatic carbocycles. The second kappa shape index (κ2) is 7.25. The molecule has 1 fully saturated rings. The topological polar surface area (TPSA) is 58.0 Å². The van der Waals surface area contributed by atoms with Crippen LogP contribution >= 0.6 is 11.3 Å². The van der Waals surface area contributed by atoms with Gasteiger partial charge < -0.3 is 4.90 Å². The summed E-state index contributed by atoms with van der Waals surface area (Å²) >= 11 is 1.76. The summed E-state index contributed by atoms with van der Waals surface area (Å²) in [7, 11) is 2.07. The minimum absolute atomic E-state index is 0.678. The minimum Gasteiger partial charge on any atom is -0.353 e. The van der Waals surface area contributed by atoms with Crippen LogP contribution in [0.25, 0.3) is 10.2 Å². The Morgan fingerprint density at radius 1 is 1.15 bits per heavy atom. The van der Waals surface area contributed by atoms with Gasteiger partial charge in [-0.2, -0.15) is 0 Å². The molecular formula is C19H24N6S. The molecule has 0 unspecified atom stereocenters. The molecule has 0 radical (unpaired) electrons. The Labute approximate surface area is 157 Å². The monoisotopic (exact) mass is 368 g/mol. The average molecular weight is 369 g/mol. The number of rotatable bonds is 5. The van der Waals surface area contributed by atoms with Gasteiger partial charge in [0.05, 0.1) is 30.4 Å². The van der Waals surface area contributed by atoms with Crippen molar-refractivity contribution in [2.75, 3.05) is 25.0 Å². The molecule has 1 aliphatic rings. The number of anilines is 1. The average Bonchev–Trinajstić information content (AvgIpc) is 3.24. The third-order valence-corrected chi connectivity index (χ3v) is 6.10. The van der Waals surface area contributed by atoms with Crippen molar-refractivity contribution in [1.29, 1.82) is 0 Å². The van der Waals surface area contributed by atoms with Gasteiger partial charge in [-0.1, -0.05) is 0 Å². The van der Waals surface area contributed by atoms with Crippen molar-refractivity contribution in [1.82, 2.24) is 24.8 Å². The summed E-state index contributed by atoms with van der Waals surface area (Å²) in [6, 6.07) is 0. The Hall–Kier alpha value is -2.12. The van der Waals surface area contributed by atoms with E-state index in [0.717, 1.165) is 41.8 Å². The second-order valence-corrected chi connectivity index (χ2v) is 8.17. The van der Waals surface area contributed by atoms with Crippen LogP contribution in [0.15, 0.2) is 18.6 Å². The molecule has 0 aliphatic carbocycles. The van der Waals surface area contributed by atoms with Crippen molar-refractivity contribution < 1.29 is 0 Å². The lowest BCUT2D eigenvalue weighted by molar-refractivity contribution is 0.323. The second-order valence-electron chi connectivity index (χ2n) is 6.96. The van der Waals surface area contributed by atoms with Crippen molar-refractivity contribution in [2.24, 2.45) is 0 Å². The van der Waals surface area contributed by atoms with Gasteiger partial charge in [-0.05, 0) is 45.3 Å². The maximum absolute atomic E-state index is 4.97. The van der Waals surface area contributed by atoms with Crippen LogP contribution in [0.3, 0.4) is 0 Å². The Balaban J connectivity index is 1.72. The Bertz CT molecular complexity index is 901. The predicted octanol–water partition coefficient (Wildman–Crippen LogP) is 3.33. The van der Waals surface area contributed by atoms with Gasteiger partial charge in [0.25, 0.3) is 0 Å². The molecule has 136 valence electrons. The lowest BCUT2D eigenvalue weighted by Gasteiger charge is -2.21. The molecule has 6 nitrogen and oxygen atoms in total. The molecule has 0 amide bonds. The van der Waals surface area contributed by atoms with E-state index in [2.05, 4.69) is 40.7 Å². The molecule has 1 aliphatic heterocycles. The minimum atomic E-state index is 0.678. The van der Waals surface area contributed by atoms with Gasteiger partial charge in [-0.3, -0.25) is 14.9 Å². The number of aryl methyl sites for hydroxylation is 2. The van der Waals surface area contributed by atoms with Gasteiger partial charge in [0.2, 0.25) is 0 Å². The Kier molecular flexibility index (Phi) is 4.82. The summed E-state index contributed by atoms with van der Waals surface area (Å²) in [5.74, 6) is 1.92. The van der Waals surface area contributed by atoms with E-state index in [9.17, 15) is 0 Å². The van der Waals surface area contributed by atoms with Gasteiger partial charge in [-0.25, -0.2) is 9.97 Å². The molecule has 3 aromatic rings. The van der Waals surface area contributed by atoms with Crippen LogP contribution in [0.1, 0.15) is 34.8 Å². The van der Waals surface area contributed by atoms with Crippen LogP contribution < -0.4 is 4.90 Å². The number of hydrogen-bond acceptors (Lipinski definition) is 7. The molecule has 0 N–H and O–H groups in total. The van der Waals surface area contributed by atoms with E-state index >= 15 is 0 Å². The van der Waals surface area contributed by atoms with E-state index in [4.69, 9.17) is 9.97 Å². The summed E-state index contributed by atoms with van der Waals surface area (Å²) in [6.07, 6.45) is 7.80. The number of aromatic nitrogens is 4. The lowest BCUT2D eigenvalue weighted by Crippen LogP contribution is -2.23. The maximum Gasteiger partial charge on any atom is 0.146 e. The van der Waals surface area contributed by atoms with Gasteiger partial charge >= 0.3 is 0 Å². The quantitative estimate of drug-likeness (QED) is 0.688. The fourth-order valence-electron chi connectivity index (χ4n) is 3.49. The molecule has 0 saturated carbocycles. The first-order chi connectivity index (χ1) is 12.6. The first-order valence-corrected chi connectivity index (χ1v) is 9.88. The smallest absolute Gasteiger partial charge is 0.146 e. The van der Waals surface area contributed by atoms with Crippen LogP contribution in [0.4, 0.5) is 5.82 Å². The highest BCUT2D eigenvalue weighted by molar-refractivity contribution is 7.18. The van der Waals surface area contributed by atoms with E-state index in [1.54, 1.807) is 23.7 Å². The Morgan fingerprint density at radius 2 is 1.96 bits per heavy atom. The summed E-state index contributed by atoms with van der Waals surface area (Å²) in [5.41, 5.74) is 2.21. The van der Waals surface area contributed by atoms with E-state index in [1.165, 1.54) is 28.7 Å². The summed E-state index contributed by atoms with van der Waals surface area (Å²) < 4.78 is 0. The van der Waals surface area contributed by atoms with Crippen molar-refractivity contribution in [3.63, 3.8) is 0 Å². The van der Waals surface area contributed by atoms with Gasteiger partial charge in [0.1, 0.15) is 16.5 Å². The normalized spacial score (nSPS) is 15.0. The fourth-order valence-corrected chi connectivity index (χ4v) is 4.53. The lowest BCUT2D eigenvalue weighted by atomic mass is 10.2. The van der Waals surface area contributed by atoms with E-state index in [-0.39, 0.29) is 0 Å². The van der Waals surface area contributed by atoms with Crippen LogP contribution in [0.2, 0.25) is 0 Å². The molecule has 4 rings (SSSR count). The standard InChI is InChI=1S/C19H24N6S/c1-13-14(2)26-19-17(13)18(24(3)11-15-10-20-6-7-21-15)22-16(23-19)12-25-8-4-5-9-25/h6-7,10H,4-5,8-9,11-12H2,1-3H3. The predicted molar refractivity (Wildman–Crippen MR) is 106 cm³/mol. The van der Waals surface area contributed by atoms with Crippen molar-refractivity contribution in [2.45, 2.75) is 39.8 Å². The zero-order chi connectivity index (χ0) is 18.1. The molecule has 26 heavy (non-hydrogen) atoms. The SMILES string of the molecule is Cc1sc2nc(CN3CCCC3)nc(N(C)Cc3cnccn3)c2c1C. The van der Waals surface area contributed by atoms with Gasteiger partial charge in [0.15, 0.2) is 0 Å². The van der Waals surface area contributed by atoms with Crippen molar-refractivity contribution in [3.8, 4) is 0 Å². The Morgan fingerprint density at radius 3 is 2.69 bits per heavy atom. The zero-order valence-corrected chi connectivity index (χ0v) is 16.4. The largest absolute Gasteiger partial charge is 0.353 e. The maximum atomic E-state index is 4.97. The molecular weight excluding hydrogens is 344 g/mol. The third kappa shape index (κ3) is 3.41. The highest BCUT2D eigenvalue weighted by atomic mass is 32.1. The summed E-state index contributed by atoms with van der Waals surface area (Å²) in [6.45, 7) is 8.13. The van der Waals surface area contributed by atoms with Crippen LogP contribution in [0, 0.1) is 13.8 Å². The molecule has 0 bridgehead atoms. The fraction of sp³-hybridized carbons (Fsp3) is 0.474. The third-order valence-electron chi connectivity index (χ3n) is 5.00. The molecule has 7 heteroatoms. The summed E-state index contributed by atoms with van der Waals surface area (Å²) in [4.78, 5) is 25.4. The first-order valence-electron chi connectivity index (χ1n) is 9.07. The zero-order valence-electron chi connectivity index (χ0n) is 15.6. The number of hydrogen-bond donors (Lipinski definition) is 0. The number of fused-ring (bicyclic) bond motifs is 1. The van der Waals surface area contributed by atoms with Crippen LogP contribution in [-0.4, -0.2) is 45.0 Å². The number of nitrogens with zero attached hydrogens (tertiary/aromatic N) is 6. The first kappa shape index (κ1) is 17.3. The van der Waals surface area contributed by atoms with E-state index < -0.39 is 0 Å². The number of thiophene rings is 1. The summed E-state index contributed by atoms with van der Waals surface area (Å²) in [5, 5.41) is 1.17. The van der Waals surface area contributed by atoms with Crippen molar-refractivity contribution >= 4 is 27.4 Å². The number of likely N-dealkylation sites (tertiary alicyclic amines) is 1. The van der Waals surface area contributed by atoms with E-state index in [0.29, 0.717) is 6.54 Å². The molecule has 0 atom stereocenters. The highest BCUT2D eigenvalue weighted by Crippen LogP contribution is 2.35. The molecule has 3 aromatic heterocycles. The highest BCUT2D eigenvalue weighted by Gasteiger charge is 2.20. The van der Waals surface area contributed by atoms with Gasteiger partial charge in [0, 0.05) is 24.3 Å². The van der Waals surface area contributed by atoms with Crippen LogP contribution in [0.5, 0.6) is 0 Å².